The summed E-state index contributed by atoms with van der Waals surface area (Å²) in [5.41, 5.74) is 2.34. The number of hydrogen-bond acceptors (Lipinski definition) is 6. The number of ether oxygens (including phenoxy) is 1. The van der Waals surface area contributed by atoms with Crippen LogP contribution in [0.2, 0.25) is 0 Å². The molecule has 3 rings (SSSR count). The number of amides is 1. The summed E-state index contributed by atoms with van der Waals surface area (Å²) in [4.78, 5) is 27.6. The summed E-state index contributed by atoms with van der Waals surface area (Å²) in [6, 6.07) is 14.5. The number of para-hydroxylation sites is 1. The molecule has 1 aliphatic rings. The van der Waals surface area contributed by atoms with E-state index in [1.54, 1.807) is 30.3 Å². The van der Waals surface area contributed by atoms with E-state index in [4.69, 9.17) is 22.1 Å². The third-order valence-corrected chi connectivity index (χ3v) is 5.28. The number of carboxylic acids is 1. The molecule has 0 bridgehead atoms. The van der Waals surface area contributed by atoms with Crippen molar-refractivity contribution >= 4 is 57.6 Å². The van der Waals surface area contributed by atoms with E-state index in [1.165, 1.54) is 16.7 Å². The Labute approximate surface area is 172 Å². The van der Waals surface area contributed by atoms with Crippen LogP contribution in [0.1, 0.15) is 5.56 Å². The van der Waals surface area contributed by atoms with Crippen molar-refractivity contribution in [2.24, 2.45) is 0 Å². The number of carbonyl (C=O) groups excluding carboxylic acids is 1. The van der Waals surface area contributed by atoms with Crippen LogP contribution in [-0.2, 0) is 9.59 Å². The summed E-state index contributed by atoms with van der Waals surface area (Å²) in [6.45, 7) is -0.454. The van der Waals surface area contributed by atoms with Crippen molar-refractivity contribution in [2.45, 2.75) is 0 Å². The highest BCUT2D eigenvalue weighted by Gasteiger charge is 2.33. The molecule has 0 aliphatic carbocycles. The Bertz CT molecular complexity index is 955. The minimum atomic E-state index is -1.07. The number of carboxylic acid groups (broad SMARTS) is 1. The second-order valence-electron chi connectivity index (χ2n) is 6.15. The topological polar surface area (TPSA) is 70.1 Å². The number of thioether (sulfide) groups is 1. The molecular weight excluding hydrogens is 396 g/mol. The van der Waals surface area contributed by atoms with Gasteiger partial charge < -0.3 is 14.7 Å². The van der Waals surface area contributed by atoms with Gasteiger partial charge >= 0.3 is 5.97 Å². The van der Waals surface area contributed by atoms with E-state index in [9.17, 15) is 9.59 Å². The number of anilines is 2. The van der Waals surface area contributed by atoms with E-state index in [0.29, 0.717) is 26.2 Å². The summed E-state index contributed by atoms with van der Waals surface area (Å²) in [6.07, 6.45) is 1.67. The van der Waals surface area contributed by atoms with Gasteiger partial charge in [-0.25, -0.2) is 4.79 Å². The number of thiocarbonyl (C=S) groups is 1. The first-order valence-electron chi connectivity index (χ1n) is 8.36. The summed E-state index contributed by atoms with van der Waals surface area (Å²) in [5, 5.41) is 8.82. The fourth-order valence-corrected chi connectivity index (χ4v) is 3.89. The van der Waals surface area contributed by atoms with Gasteiger partial charge in [-0.3, -0.25) is 9.69 Å². The van der Waals surface area contributed by atoms with E-state index in [2.05, 4.69) is 0 Å². The van der Waals surface area contributed by atoms with E-state index in [0.717, 1.165) is 5.69 Å². The molecule has 28 heavy (non-hydrogen) atoms. The molecule has 8 heteroatoms. The molecule has 0 atom stereocenters. The molecule has 1 amide bonds. The summed E-state index contributed by atoms with van der Waals surface area (Å²) in [7, 11) is 3.89. The SMILES string of the molecule is CN(C)c1ccc(N2C(=O)/C(=C\c3ccccc3OCC(=O)O)SC2=S)cc1. The molecule has 0 aromatic heterocycles. The van der Waals surface area contributed by atoms with Gasteiger partial charge in [0.1, 0.15) is 5.75 Å². The minimum absolute atomic E-state index is 0.222. The lowest BCUT2D eigenvalue weighted by atomic mass is 10.2. The van der Waals surface area contributed by atoms with Gasteiger partial charge in [-0.2, -0.15) is 0 Å². The lowest BCUT2D eigenvalue weighted by molar-refractivity contribution is -0.139. The highest BCUT2D eigenvalue weighted by atomic mass is 32.2. The van der Waals surface area contributed by atoms with Gasteiger partial charge in [0.15, 0.2) is 10.9 Å². The molecule has 0 spiro atoms. The highest BCUT2D eigenvalue weighted by molar-refractivity contribution is 8.27. The normalized spacial score (nSPS) is 15.2. The first-order valence-corrected chi connectivity index (χ1v) is 9.58. The van der Waals surface area contributed by atoms with Gasteiger partial charge in [0, 0.05) is 25.3 Å². The average Bonchev–Trinajstić information content (AvgIpc) is 2.94. The van der Waals surface area contributed by atoms with Crippen LogP contribution in [0.5, 0.6) is 5.75 Å². The summed E-state index contributed by atoms with van der Waals surface area (Å²) in [5.74, 6) is -0.895. The van der Waals surface area contributed by atoms with Gasteiger partial charge in [0.2, 0.25) is 0 Å². The van der Waals surface area contributed by atoms with Crippen LogP contribution < -0.4 is 14.5 Å². The van der Waals surface area contributed by atoms with E-state index < -0.39 is 12.6 Å². The molecule has 1 heterocycles. The predicted octanol–water partition coefficient (Wildman–Crippen LogP) is 3.62. The Morgan fingerprint density at radius 2 is 1.89 bits per heavy atom. The van der Waals surface area contributed by atoms with Crippen LogP contribution in [0.15, 0.2) is 53.4 Å². The third-order valence-electron chi connectivity index (χ3n) is 3.97. The zero-order valence-corrected chi connectivity index (χ0v) is 16.9. The smallest absolute Gasteiger partial charge is 0.341 e. The molecule has 144 valence electrons. The quantitative estimate of drug-likeness (QED) is 0.572. The largest absolute Gasteiger partial charge is 0.481 e. The van der Waals surface area contributed by atoms with Gasteiger partial charge in [-0.1, -0.05) is 42.2 Å². The maximum absolute atomic E-state index is 12.9. The van der Waals surface area contributed by atoms with E-state index in [1.807, 2.05) is 43.3 Å². The monoisotopic (exact) mass is 414 g/mol. The van der Waals surface area contributed by atoms with Gasteiger partial charge in [-0.15, -0.1) is 0 Å². The first kappa shape index (κ1) is 19.9. The second-order valence-corrected chi connectivity index (χ2v) is 7.82. The maximum atomic E-state index is 12.9. The lowest BCUT2D eigenvalue weighted by Gasteiger charge is -2.17. The van der Waals surface area contributed by atoms with Crippen molar-refractivity contribution in [3.63, 3.8) is 0 Å². The van der Waals surface area contributed by atoms with Crippen LogP contribution in [-0.4, -0.2) is 42.0 Å². The molecule has 0 radical (unpaired) electrons. The molecule has 1 N–H and O–H groups in total. The summed E-state index contributed by atoms with van der Waals surface area (Å²) < 4.78 is 5.74. The van der Waals surface area contributed by atoms with Crippen molar-refractivity contribution < 1.29 is 19.4 Å². The van der Waals surface area contributed by atoms with Gasteiger partial charge in [0.25, 0.3) is 5.91 Å². The Morgan fingerprint density at radius 3 is 2.54 bits per heavy atom. The zero-order valence-electron chi connectivity index (χ0n) is 15.3. The number of rotatable bonds is 6. The van der Waals surface area contributed by atoms with Crippen LogP contribution in [0.3, 0.4) is 0 Å². The molecule has 1 saturated heterocycles. The number of carbonyl (C=O) groups is 2. The molecule has 0 unspecified atom stereocenters. The molecule has 0 saturated carbocycles. The standard InChI is InChI=1S/C20H18N2O4S2/c1-21(2)14-7-9-15(10-8-14)22-19(25)17(28-20(22)27)11-13-5-3-4-6-16(13)26-12-18(23)24/h3-11H,12H2,1-2H3,(H,23,24)/b17-11+. The van der Waals surface area contributed by atoms with Crippen molar-refractivity contribution in [1.29, 1.82) is 0 Å². The fraction of sp³-hybridized carbons (Fsp3) is 0.150. The third kappa shape index (κ3) is 4.35. The molecule has 2 aromatic carbocycles. The first-order chi connectivity index (χ1) is 13.4. The summed E-state index contributed by atoms with van der Waals surface area (Å²) >= 11 is 6.61. The van der Waals surface area contributed by atoms with Gasteiger partial charge in [-0.05, 0) is 36.4 Å². The highest BCUT2D eigenvalue weighted by Crippen LogP contribution is 2.37. The molecule has 2 aromatic rings. The number of nitrogens with zero attached hydrogens (tertiary/aromatic N) is 2. The number of hydrogen-bond donors (Lipinski definition) is 1. The maximum Gasteiger partial charge on any atom is 0.341 e. The van der Waals surface area contributed by atoms with Crippen LogP contribution in [0.25, 0.3) is 6.08 Å². The zero-order chi connectivity index (χ0) is 20.3. The number of benzene rings is 2. The lowest BCUT2D eigenvalue weighted by Crippen LogP contribution is -2.27. The Kier molecular flexibility index (Phi) is 6.01. The second kappa shape index (κ2) is 8.45. The molecule has 1 aliphatic heterocycles. The number of aliphatic carboxylic acids is 1. The van der Waals surface area contributed by atoms with Crippen molar-refractivity contribution in [2.75, 3.05) is 30.5 Å². The predicted molar refractivity (Wildman–Crippen MR) is 116 cm³/mol. The van der Waals surface area contributed by atoms with E-state index >= 15 is 0 Å². The van der Waals surface area contributed by atoms with Crippen LogP contribution in [0.4, 0.5) is 11.4 Å². The molecular formula is C20H18N2O4S2. The van der Waals surface area contributed by atoms with Crippen molar-refractivity contribution in [3.8, 4) is 5.75 Å². The Hall–Kier alpha value is -2.84. The Morgan fingerprint density at radius 1 is 1.21 bits per heavy atom. The Balaban J connectivity index is 1.86. The van der Waals surface area contributed by atoms with Crippen molar-refractivity contribution in [1.82, 2.24) is 0 Å². The fourth-order valence-electron chi connectivity index (χ4n) is 2.60. The minimum Gasteiger partial charge on any atom is -0.481 e. The molecule has 1 fully saturated rings. The van der Waals surface area contributed by atoms with Gasteiger partial charge in [0.05, 0.1) is 10.6 Å². The average molecular weight is 415 g/mol. The van der Waals surface area contributed by atoms with Crippen LogP contribution >= 0.6 is 24.0 Å². The molecule has 6 nitrogen and oxygen atoms in total. The van der Waals surface area contributed by atoms with E-state index in [-0.39, 0.29) is 5.91 Å². The van der Waals surface area contributed by atoms with Crippen LogP contribution in [0, 0.1) is 0 Å². The van der Waals surface area contributed by atoms with Crippen molar-refractivity contribution in [3.05, 3.63) is 59.0 Å².